The van der Waals surface area contributed by atoms with Crippen LogP contribution in [0.3, 0.4) is 0 Å². The van der Waals surface area contributed by atoms with E-state index in [2.05, 4.69) is 21.9 Å². The van der Waals surface area contributed by atoms with Gasteiger partial charge >= 0.3 is 0 Å². The maximum absolute atomic E-state index is 13.0. The number of hydrogen-bond donors (Lipinski definition) is 1. The number of hydrogen-bond acceptors (Lipinski definition) is 4. The summed E-state index contributed by atoms with van der Waals surface area (Å²) < 4.78 is 5.67. The second-order valence-corrected chi connectivity index (χ2v) is 6.16. The van der Waals surface area contributed by atoms with Gasteiger partial charge in [-0.1, -0.05) is 18.2 Å². The van der Waals surface area contributed by atoms with Crippen LogP contribution in [0.2, 0.25) is 0 Å². The number of nitrogens with one attached hydrogen (secondary N) is 1. The topological polar surface area (TPSA) is 61.5 Å². The predicted octanol–water partition coefficient (Wildman–Crippen LogP) is 1.40. The van der Waals surface area contributed by atoms with Gasteiger partial charge < -0.3 is 14.6 Å². The number of para-hydroxylation sites is 1. The molecule has 120 valence electrons. The Balaban J connectivity index is 1.53. The van der Waals surface area contributed by atoms with Crippen LogP contribution in [0.1, 0.15) is 23.3 Å². The van der Waals surface area contributed by atoms with Crippen molar-refractivity contribution in [3.63, 3.8) is 0 Å². The average Bonchev–Trinajstić information content (AvgIpc) is 3.24. The molecule has 6 nitrogen and oxygen atoms in total. The Bertz CT molecular complexity index is 700. The second kappa shape index (κ2) is 5.70. The van der Waals surface area contributed by atoms with E-state index in [4.69, 9.17) is 4.74 Å². The van der Waals surface area contributed by atoms with Crippen LogP contribution in [0.25, 0.3) is 0 Å². The molecule has 6 heteroatoms. The highest BCUT2D eigenvalue weighted by atomic mass is 16.5. The van der Waals surface area contributed by atoms with Crippen LogP contribution in [-0.2, 0) is 4.79 Å². The van der Waals surface area contributed by atoms with Gasteiger partial charge in [0.05, 0.1) is 6.04 Å². The molecule has 1 aromatic carbocycles. The van der Waals surface area contributed by atoms with Gasteiger partial charge in [-0.05, 0) is 13.1 Å². The van der Waals surface area contributed by atoms with Crippen LogP contribution in [-0.4, -0.2) is 59.0 Å². The van der Waals surface area contributed by atoms with Crippen LogP contribution < -0.4 is 4.74 Å². The zero-order valence-corrected chi connectivity index (χ0v) is 13.1. The van der Waals surface area contributed by atoms with Crippen molar-refractivity contribution in [3.05, 3.63) is 48.0 Å². The van der Waals surface area contributed by atoms with Gasteiger partial charge in [-0.25, -0.2) is 4.98 Å². The number of piperazine rings is 1. The Kier molecular flexibility index (Phi) is 3.53. The predicted molar refractivity (Wildman–Crippen MR) is 85.2 cm³/mol. The number of fused-ring (bicyclic) bond motifs is 1. The highest BCUT2D eigenvalue weighted by Gasteiger charge is 2.37. The molecule has 2 aromatic rings. The number of benzene rings is 1. The number of carbonyl (C=O) groups excluding carboxylic acids is 1. The maximum Gasteiger partial charge on any atom is 0.233 e. The molecule has 0 spiro atoms. The molecule has 23 heavy (non-hydrogen) atoms. The van der Waals surface area contributed by atoms with E-state index in [0.717, 1.165) is 30.2 Å². The molecule has 4 rings (SSSR count). The van der Waals surface area contributed by atoms with Crippen molar-refractivity contribution < 1.29 is 9.53 Å². The molecule has 0 saturated carbocycles. The summed E-state index contributed by atoms with van der Waals surface area (Å²) in [7, 11) is 2.07. The Morgan fingerprint density at radius 2 is 2.22 bits per heavy atom. The quantitative estimate of drug-likeness (QED) is 0.910. The smallest absolute Gasteiger partial charge is 0.233 e. The first-order valence-corrected chi connectivity index (χ1v) is 7.94. The fourth-order valence-electron chi connectivity index (χ4n) is 3.42. The highest BCUT2D eigenvalue weighted by molar-refractivity contribution is 5.85. The number of amides is 1. The number of nitrogens with zero attached hydrogens (tertiary/aromatic N) is 3. The minimum absolute atomic E-state index is 0.111. The van der Waals surface area contributed by atoms with Gasteiger partial charge in [0.2, 0.25) is 5.91 Å². The van der Waals surface area contributed by atoms with Gasteiger partial charge in [0.1, 0.15) is 24.1 Å². The van der Waals surface area contributed by atoms with Crippen molar-refractivity contribution in [2.45, 2.75) is 12.0 Å². The van der Waals surface area contributed by atoms with Crippen molar-refractivity contribution in [2.24, 2.45) is 0 Å². The van der Waals surface area contributed by atoms with E-state index < -0.39 is 0 Å². The number of H-pyrrole nitrogens is 1. The number of aromatic nitrogens is 2. The van der Waals surface area contributed by atoms with Crippen molar-refractivity contribution >= 4 is 5.91 Å². The fourth-order valence-corrected chi connectivity index (χ4v) is 3.42. The molecule has 1 amide bonds. The van der Waals surface area contributed by atoms with E-state index in [1.807, 2.05) is 35.4 Å². The molecule has 0 unspecified atom stereocenters. The fraction of sp³-hybridized carbons (Fsp3) is 0.412. The van der Waals surface area contributed by atoms with Crippen molar-refractivity contribution in [1.29, 1.82) is 0 Å². The minimum atomic E-state index is -0.188. The van der Waals surface area contributed by atoms with Crippen molar-refractivity contribution in [2.75, 3.05) is 33.3 Å². The van der Waals surface area contributed by atoms with E-state index in [0.29, 0.717) is 13.2 Å². The Morgan fingerprint density at radius 3 is 3.04 bits per heavy atom. The summed E-state index contributed by atoms with van der Waals surface area (Å²) in [5.74, 6) is 1.71. The van der Waals surface area contributed by atoms with E-state index in [1.165, 1.54) is 0 Å². The molecular formula is C17H20N4O2. The first kappa shape index (κ1) is 14.3. The molecule has 0 aliphatic carbocycles. The first-order valence-electron chi connectivity index (χ1n) is 7.94. The lowest BCUT2D eigenvalue weighted by Crippen LogP contribution is -2.50. The SMILES string of the molecule is CN1CCN(C(=O)[C@H]2COc3ccccc32)C[C@@H]1c1ncc[nH]1. The van der Waals surface area contributed by atoms with Gasteiger partial charge in [0.15, 0.2) is 0 Å². The lowest BCUT2D eigenvalue weighted by Gasteiger charge is -2.39. The summed E-state index contributed by atoms with van der Waals surface area (Å²) in [5.41, 5.74) is 1.01. The van der Waals surface area contributed by atoms with Crippen LogP contribution in [0.15, 0.2) is 36.7 Å². The van der Waals surface area contributed by atoms with Crippen molar-refractivity contribution in [1.82, 2.24) is 19.8 Å². The third-order valence-electron chi connectivity index (χ3n) is 4.79. The molecule has 2 atom stereocenters. The standard InChI is InChI=1S/C17H20N4O2/c1-20-8-9-21(10-14(20)16-18-6-7-19-16)17(22)13-11-23-15-5-3-2-4-12(13)15/h2-7,13-14H,8-11H2,1H3,(H,18,19)/t13-,14+/m0/s1. The summed E-state index contributed by atoms with van der Waals surface area (Å²) >= 11 is 0. The molecule has 2 aliphatic rings. The number of imidazole rings is 1. The molecule has 2 aliphatic heterocycles. The number of rotatable bonds is 2. The van der Waals surface area contributed by atoms with Gasteiger partial charge in [0.25, 0.3) is 0 Å². The summed E-state index contributed by atoms with van der Waals surface area (Å²) in [5, 5.41) is 0. The molecule has 1 fully saturated rings. The van der Waals surface area contributed by atoms with Gasteiger partial charge in [-0.2, -0.15) is 0 Å². The zero-order valence-electron chi connectivity index (χ0n) is 13.1. The molecule has 1 aromatic heterocycles. The number of likely N-dealkylation sites (N-methyl/N-ethyl adjacent to an activating group) is 1. The van der Waals surface area contributed by atoms with Crippen LogP contribution in [0.4, 0.5) is 0 Å². The monoisotopic (exact) mass is 312 g/mol. The van der Waals surface area contributed by atoms with E-state index in [-0.39, 0.29) is 17.9 Å². The van der Waals surface area contributed by atoms with Gasteiger partial charge in [0, 0.05) is 37.6 Å². The molecule has 1 saturated heterocycles. The Morgan fingerprint density at radius 1 is 1.35 bits per heavy atom. The largest absolute Gasteiger partial charge is 0.492 e. The molecule has 3 heterocycles. The molecule has 0 radical (unpaired) electrons. The molecule has 1 N–H and O–H groups in total. The Hall–Kier alpha value is -2.34. The first-order chi connectivity index (χ1) is 11.2. The highest BCUT2D eigenvalue weighted by Crippen LogP contribution is 2.35. The summed E-state index contributed by atoms with van der Waals surface area (Å²) in [6.45, 7) is 2.68. The van der Waals surface area contributed by atoms with Crippen LogP contribution in [0, 0.1) is 0 Å². The summed E-state index contributed by atoms with van der Waals surface area (Å²) in [6, 6.07) is 7.93. The zero-order chi connectivity index (χ0) is 15.8. The lowest BCUT2D eigenvalue weighted by atomic mass is 9.99. The normalized spacial score (nSPS) is 24.3. The van der Waals surface area contributed by atoms with Crippen LogP contribution >= 0.6 is 0 Å². The number of ether oxygens (including phenoxy) is 1. The third kappa shape index (κ3) is 2.49. The summed E-state index contributed by atoms with van der Waals surface area (Å²) in [6.07, 6.45) is 3.58. The number of carbonyl (C=O) groups is 1. The van der Waals surface area contributed by atoms with Gasteiger partial charge in [-0.15, -0.1) is 0 Å². The second-order valence-electron chi connectivity index (χ2n) is 6.16. The van der Waals surface area contributed by atoms with Crippen LogP contribution in [0.5, 0.6) is 5.75 Å². The average molecular weight is 312 g/mol. The van der Waals surface area contributed by atoms with E-state index in [1.54, 1.807) is 6.20 Å². The molecular weight excluding hydrogens is 292 g/mol. The van der Waals surface area contributed by atoms with Crippen molar-refractivity contribution in [3.8, 4) is 5.75 Å². The van der Waals surface area contributed by atoms with Gasteiger partial charge in [-0.3, -0.25) is 9.69 Å². The summed E-state index contributed by atoms with van der Waals surface area (Å²) in [4.78, 5) is 24.7. The number of aromatic amines is 1. The van der Waals surface area contributed by atoms with E-state index in [9.17, 15) is 4.79 Å². The molecule has 0 bridgehead atoms. The van der Waals surface area contributed by atoms with E-state index >= 15 is 0 Å². The third-order valence-corrected chi connectivity index (χ3v) is 4.79. The minimum Gasteiger partial charge on any atom is -0.492 e. The Labute approximate surface area is 135 Å². The lowest BCUT2D eigenvalue weighted by molar-refractivity contribution is -0.136. The maximum atomic E-state index is 13.0.